The molecular formula is C23H24F4N2O. The lowest BCUT2D eigenvalue weighted by atomic mass is 9.93. The molecule has 30 heavy (non-hydrogen) atoms. The molecule has 2 N–H and O–H groups in total. The summed E-state index contributed by atoms with van der Waals surface area (Å²) in [6.07, 6.45) is -2.50. The molecule has 0 saturated heterocycles. The molecule has 2 aromatic carbocycles. The van der Waals surface area contributed by atoms with Crippen LogP contribution in [0, 0.1) is 11.7 Å². The Kier molecular flexibility index (Phi) is 6.04. The van der Waals surface area contributed by atoms with Crippen LogP contribution in [-0.2, 0) is 6.18 Å². The van der Waals surface area contributed by atoms with E-state index in [1.54, 1.807) is 12.1 Å². The van der Waals surface area contributed by atoms with Gasteiger partial charge in [-0.15, -0.1) is 0 Å². The number of aromatic nitrogens is 1. The second-order valence-corrected chi connectivity index (χ2v) is 8.34. The zero-order valence-electron chi connectivity index (χ0n) is 17.1. The summed E-state index contributed by atoms with van der Waals surface area (Å²) in [5.41, 5.74) is 5.95. The lowest BCUT2D eigenvalue weighted by Crippen LogP contribution is -2.35. The molecule has 3 aromatic rings. The van der Waals surface area contributed by atoms with Crippen molar-refractivity contribution in [1.29, 1.82) is 0 Å². The predicted octanol–water partition coefficient (Wildman–Crippen LogP) is 6.20. The maximum atomic E-state index is 13.7. The topological polar surface area (TPSA) is 48.1 Å². The van der Waals surface area contributed by atoms with E-state index in [-0.39, 0.29) is 18.3 Å². The van der Waals surface area contributed by atoms with Crippen LogP contribution < -0.4 is 10.5 Å². The average molecular weight is 420 g/mol. The van der Waals surface area contributed by atoms with Gasteiger partial charge < -0.3 is 10.5 Å². The number of ether oxygens (including phenoxy) is 1. The molecule has 0 amide bonds. The van der Waals surface area contributed by atoms with Crippen molar-refractivity contribution in [2.24, 2.45) is 11.7 Å². The fourth-order valence-electron chi connectivity index (χ4n) is 3.60. The average Bonchev–Trinajstić information content (AvgIpc) is 2.63. The van der Waals surface area contributed by atoms with Crippen molar-refractivity contribution >= 4 is 10.9 Å². The molecule has 0 aliphatic carbocycles. The first-order valence-electron chi connectivity index (χ1n) is 9.61. The van der Waals surface area contributed by atoms with Gasteiger partial charge in [-0.3, -0.25) is 4.98 Å². The number of hydrogen-bond donors (Lipinski definition) is 1. The largest absolute Gasteiger partial charge is 0.493 e. The van der Waals surface area contributed by atoms with Crippen LogP contribution in [0.2, 0.25) is 0 Å². The quantitative estimate of drug-likeness (QED) is 0.483. The summed E-state index contributed by atoms with van der Waals surface area (Å²) in [6.45, 7) is 5.73. The fraction of sp³-hybridized carbons (Fsp3) is 0.348. The van der Waals surface area contributed by atoms with E-state index < -0.39 is 23.1 Å². The summed E-state index contributed by atoms with van der Waals surface area (Å²) in [5, 5.41) is 0.443. The van der Waals surface area contributed by atoms with Crippen molar-refractivity contribution in [2.45, 2.75) is 38.9 Å². The molecule has 0 radical (unpaired) electrons. The molecule has 0 spiro atoms. The molecule has 0 aliphatic rings. The molecule has 3 rings (SSSR count). The SMILES string of the molecule is CC(COc1ccc(-c2ccnc3ccc(F)cc23)cc1C(F)(F)F)CC(C)(C)N. The summed E-state index contributed by atoms with van der Waals surface area (Å²) in [6, 6.07) is 9.49. The van der Waals surface area contributed by atoms with E-state index in [4.69, 9.17) is 10.5 Å². The van der Waals surface area contributed by atoms with Crippen LogP contribution in [-0.4, -0.2) is 17.1 Å². The van der Waals surface area contributed by atoms with Gasteiger partial charge in [0.2, 0.25) is 0 Å². The normalized spacial score (nSPS) is 13.5. The summed E-state index contributed by atoms with van der Waals surface area (Å²) in [5.74, 6) is -0.736. The van der Waals surface area contributed by atoms with Gasteiger partial charge in [-0.25, -0.2) is 4.39 Å². The number of nitrogens with two attached hydrogens (primary N) is 1. The van der Waals surface area contributed by atoms with Gasteiger partial charge in [0.05, 0.1) is 17.7 Å². The Morgan fingerprint density at radius 1 is 1.07 bits per heavy atom. The van der Waals surface area contributed by atoms with Crippen LogP contribution in [0.5, 0.6) is 5.75 Å². The van der Waals surface area contributed by atoms with E-state index in [1.807, 2.05) is 20.8 Å². The summed E-state index contributed by atoms with van der Waals surface area (Å²) < 4.78 is 60.5. The summed E-state index contributed by atoms with van der Waals surface area (Å²) in [7, 11) is 0. The molecular weight excluding hydrogens is 396 g/mol. The van der Waals surface area contributed by atoms with Crippen LogP contribution in [0.1, 0.15) is 32.8 Å². The minimum atomic E-state index is -4.60. The molecule has 1 aromatic heterocycles. The van der Waals surface area contributed by atoms with E-state index in [2.05, 4.69) is 4.98 Å². The number of hydrogen-bond acceptors (Lipinski definition) is 3. The summed E-state index contributed by atoms with van der Waals surface area (Å²) in [4.78, 5) is 4.15. The van der Waals surface area contributed by atoms with E-state index in [0.717, 1.165) is 6.07 Å². The van der Waals surface area contributed by atoms with Crippen molar-refractivity contribution in [3.63, 3.8) is 0 Å². The molecule has 160 valence electrons. The van der Waals surface area contributed by atoms with Crippen molar-refractivity contribution < 1.29 is 22.3 Å². The fourth-order valence-corrected chi connectivity index (χ4v) is 3.60. The van der Waals surface area contributed by atoms with Gasteiger partial charge in [0.25, 0.3) is 0 Å². The van der Waals surface area contributed by atoms with Crippen LogP contribution in [0.15, 0.2) is 48.7 Å². The number of pyridine rings is 1. The molecule has 1 atom stereocenters. The number of fused-ring (bicyclic) bond motifs is 1. The first-order valence-corrected chi connectivity index (χ1v) is 9.61. The number of nitrogens with zero attached hydrogens (tertiary/aromatic N) is 1. The molecule has 0 bridgehead atoms. The number of halogens is 4. The highest BCUT2D eigenvalue weighted by Gasteiger charge is 2.35. The van der Waals surface area contributed by atoms with Gasteiger partial charge in [-0.1, -0.05) is 13.0 Å². The Morgan fingerprint density at radius 2 is 1.80 bits per heavy atom. The van der Waals surface area contributed by atoms with Crippen molar-refractivity contribution in [2.75, 3.05) is 6.61 Å². The van der Waals surface area contributed by atoms with Crippen LogP contribution in [0.4, 0.5) is 17.6 Å². The highest BCUT2D eigenvalue weighted by atomic mass is 19.4. The summed E-state index contributed by atoms with van der Waals surface area (Å²) >= 11 is 0. The zero-order valence-corrected chi connectivity index (χ0v) is 17.1. The minimum absolute atomic E-state index is 0.0159. The Balaban J connectivity index is 1.97. The minimum Gasteiger partial charge on any atom is -0.493 e. The maximum Gasteiger partial charge on any atom is 0.419 e. The van der Waals surface area contributed by atoms with Crippen molar-refractivity contribution in [3.8, 4) is 16.9 Å². The molecule has 7 heteroatoms. The third-order valence-corrected chi connectivity index (χ3v) is 4.70. The molecule has 3 nitrogen and oxygen atoms in total. The lowest BCUT2D eigenvalue weighted by molar-refractivity contribution is -0.139. The Labute approximate surface area is 172 Å². The van der Waals surface area contributed by atoms with Crippen molar-refractivity contribution in [3.05, 3.63) is 60.0 Å². The van der Waals surface area contributed by atoms with Gasteiger partial charge in [0, 0.05) is 17.1 Å². The monoisotopic (exact) mass is 420 g/mol. The molecule has 1 unspecified atom stereocenters. The molecule has 0 saturated carbocycles. The number of alkyl halides is 3. The maximum absolute atomic E-state index is 13.7. The third-order valence-electron chi connectivity index (χ3n) is 4.70. The van der Waals surface area contributed by atoms with Crippen LogP contribution in [0.25, 0.3) is 22.0 Å². The van der Waals surface area contributed by atoms with Gasteiger partial charge in [-0.05, 0) is 73.7 Å². The van der Waals surface area contributed by atoms with Crippen molar-refractivity contribution in [1.82, 2.24) is 4.98 Å². The zero-order chi connectivity index (χ0) is 22.1. The molecule has 0 fully saturated rings. The highest BCUT2D eigenvalue weighted by Crippen LogP contribution is 2.40. The smallest absolute Gasteiger partial charge is 0.419 e. The third kappa shape index (κ3) is 5.27. The molecule has 0 aliphatic heterocycles. The van der Waals surface area contributed by atoms with Gasteiger partial charge >= 0.3 is 6.18 Å². The Bertz CT molecular complexity index is 1040. The highest BCUT2D eigenvalue weighted by molar-refractivity contribution is 5.94. The Morgan fingerprint density at radius 3 is 2.47 bits per heavy atom. The van der Waals surface area contributed by atoms with Crippen LogP contribution in [0.3, 0.4) is 0 Å². The number of benzene rings is 2. The second kappa shape index (κ2) is 8.22. The second-order valence-electron chi connectivity index (χ2n) is 8.34. The van der Waals surface area contributed by atoms with E-state index in [9.17, 15) is 17.6 Å². The lowest BCUT2D eigenvalue weighted by Gasteiger charge is -2.24. The Hall–Kier alpha value is -2.67. The standard InChI is InChI=1S/C23H24F4N2O/c1-14(12-22(2,3)28)13-30-21-7-4-15(10-19(21)23(25,26)27)17-8-9-29-20-6-5-16(24)11-18(17)20/h4-11,14H,12-13,28H2,1-3H3. The first kappa shape index (κ1) is 22.0. The first-order chi connectivity index (χ1) is 13.9. The predicted molar refractivity (Wildman–Crippen MR) is 110 cm³/mol. The van der Waals surface area contributed by atoms with E-state index >= 15 is 0 Å². The van der Waals surface area contributed by atoms with E-state index in [1.165, 1.54) is 30.5 Å². The van der Waals surface area contributed by atoms with Gasteiger partial charge in [-0.2, -0.15) is 13.2 Å². The number of rotatable bonds is 6. The van der Waals surface area contributed by atoms with Gasteiger partial charge in [0.1, 0.15) is 11.6 Å². The van der Waals surface area contributed by atoms with Gasteiger partial charge in [0.15, 0.2) is 0 Å². The van der Waals surface area contributed by atoms with E-state index in [0.29, 0.717) is 28.5 Å². The van der Waals surface area contributed by atoms with Crippen LogP contribution >= 0.6 is 0 Å². The molecule has 1 heterocycles.